The normalized spacial score (nSPS) is 12.5. The molecule has 0 radical (unpaired) electrons. The predicted molar refractivity (Wildman–Crippen MR) is 96.4 cm³/mol. The van der Waals surface area contributed by atoms with Crippen molar-refractivity contribution in [2.75, 3.05) is 19.6 Å². The van der Waals surface area contributed by atoms with Crippen molar-refractivity contribution in [2.45, 2.75) is 26.9 Å². The number of halogens is 2. The van der Waals surface area contributed by atoms with E-state index >= 15 is 0 Å². The van der Waals surface area contributed by atoms with E-state index in [1.807, 2.05) is 24.0 Å². The number of ether oxygens (including phenoxy) is 1. The zero-order valence-corrected chi connectivity index (χ0v) is 15.3. The van der Waals surface area contributed by atoms with Gasteiger partial charge in [0.1, 0.15) is 11.9 Å². The van der Waals surface area contributed by atoms with Crippen molar-refractivity contribution in [3.63, 3.8) is 0 Å². The highest BCUT2D eigenvalue weighted by Gasteiger charge is 2.06. The van der Waals surface area contributed by atoms with Gasteiger partial charge in [0.2, 0.25) is 0 Å². The van der Waals surface area contributed by atoms with E-state index in [4.69, 9.17) is 22.1 Å². The van der Waals surface area contributed by atoms with Gasteiger partial charge >= 0.3 is 0 Å². The van der Waals surface area contributed by atoms with Crippen LogP contribution in [0, 0.1) is 0 Å². The number of hydrogen-bond donors (Lipinski definition) is 1. The number of benzene rings is 1. The molecule has 0 aliphatic rings. The molecule has 0 amide bonds. The molecule has 20 heavy (non-hydrogen) atoms. The van der Waals surface area contributed by atoms with Gasteiger partial charge < -0.3 is 15.4 Å². The molecule has 0 bridgehead atoms. The van der Waals surface area contributed by atoms with Crippen molar-refractivity contribution in [1.29, 1.82) is 0 Å². The first-order valence-corrected chi connectivity index (χ1v) is 6.91. The lowest BCUT2D eigenvalue weighted by Gasteiger charge is -2.20. The van der Waals surface area contributed by atoms with Gasteiger partial charge in [-0.05, 0) is 45.0 Å². The number of aliphatic imine (C=N–C) groups is 1. The average molecular weight is 412 g/mol. The highest BCUT2D eigenvalue weighted by Crippen LogP contribution is 2.16. The quantitative estimate of drug-likeness (QED) is 0.443. The third-order valence-electron chi connectivity index (χ3n) is 2.75. The Bertz CT molecular complexity index is 407. The Kier molecular flexibility index (Phi) is 9.75. The van der Waals surface area contributed by atoms with Crippen molar-refractivity contribution in [3.05, 3.63) is 29.3 Å². The minimum absolute atomic E-state index is 0. The van der Waals surface area contributed by atoms with Gasteiger partial charge in [-0.1, -0.05) is 11.6 Å². The lowest BCUT2D eigenvalue weighted by molar-refractivity contribution is 0.229. The van der Waals surface area contributed by atoms with E-state index < -0.39 is 0 Å². The maximum atomic E-state index is 5.90. The first-order chi connectivity index (χ1) is 9.06. The molecule has 0 spiro atoms. The molecule has 1 rings (SSSR count). The summed E-state index contributed by atoms with van der Waals surface area (Å²) in [4.78, 5) is 6.36. The topological polar surface area (TPSA) is 50.8 Å². The van der Waals surface area contributed by atoms with Crippen LogP contribution in [0.2, 0.25) is 5.02 Å². The van der Waals surface area contributed by atoms with E-state index in [0.29, 0.717) is 17.5 Å². The predicted octanol–water partition coefficient (Wildman–Crippen LogP) is 3.38. The number of hydrogen-bond acceptors (Lipinski definition) is 2. The summed E-state index contributed by atoms with van der Waals surface area (Å²) in [6.45, 7) is 8.33. The summed E-state index contributed by atoms with van der Waals surface area (Å²) in [6.07, 6.45) is -0.0321. The first kappa shape index (κ1) is 19.3. The van der Waals surface area contributed by atoms with Crippen LogP contribution in [0.3, 0.4) is 0 Å². The smallest absolute Gasteiger partial charge is 0.191 e. The van der Waals surface area contributed by atoms with Gasteiger partial charge in [0, 0.05) is 18.1 Å². The van der Waals surface area contributed by atoms with Gasteiger partial charge in [0.05, 0.1) is 6.54 Å². The fraction of sp³-hybridized carbons (Fsp3) is 0.500. The second-order valence-corrected chi connectivity index (χ2v) is 4.69. The van der Waals surface area contributed by atoms with E-state index in [-0.39, 0.29) is 30.1 Å². The molecule has 0 saturated heterocycles. The average Bonchev–Trinajstić information content (AvgIpc) is 2.40. The summed E-state index contributed by atoms with van der Waals surface area (Å²) in [5.41, 5.74) is 5.90. The molecule has 4 nitrogen and oxygen atoms in total. The minimum Gasteiger partial charge on any atom is -0.489 e. The number of nitrogens with zero attached hydrogens (tertiary/aromatic N) is 2. The molecule has 6 heteroatoms. The Balaban J connectivity index is 0.00000361. The third kappa shape index (κ3) is 6.65. The number of nitrogens with two attached hydrogens (primary N) is 1. The SMILES string of the molecule is CCN(CC)C(N)=NCC(C)Oc1ccc(Cl)cc1.I. The van der Waals surface area contributed by atoms with Gasteiger partial charge in [0.25, 0.3) is 0 Å². The fourth-order valence-corrected chi connectivity index (χ4v) is 1.78. The van der Waals surface area contributed by atoms with E-state index in [9.17, 15) is 0 Å². The van der Waals surface area contributed by atoms with Crippen molar-refractivity contribution >= 4 is 41.5 Å². The van der Waals surface area contributed by atoms with E-state index in [1.54, 1.807) is 12.1 Å². The molecule has 0 aliphatic carbocycles. The molecule has 0 heterocycles. The van der Waals surface area contributed by atoms with Gasteiger partial charge in [0.15, 0.2) is 5.96 Å². The van der Waals surface area contributed by atoms with E-state index in [0.717, 1.165) is 18.8 Å². The van der Waals surface area contributed by atoms with Crippen LogP contribution in [0.25, 0.3) is 0 Å². The molecule has 114 valence electrons. The van der Waals surface area contributed by atoms with E-state index in [1.165, 1.54) is 0 Å². The Morgan fingerprint density at radius 3 is 2.35 bits per heavy atom. The molecule has 2 N–H and O–H groups in total. The van der Waals surface area contributed by atoms with Gasteiger partial charge in [-0.25, -0.2) is 4.99 Å². The van der Waals surface area contributed by atoms with Crippen LogP contribution in [0.4, 0.5) is 0 Å². The van der Waals surface area contributed by atoms with Gasteiger partial charge in [-0.2, -0.15) is 0 Å². The summed E-state index contributed by atoms with van der Waals surface area (Å²) in [7, 11) is 0. The standard InChI is InChI=1S/C14H22ClN3O.HI/c1-4-18(5-2)14(16)17-10-11(3)19-13-8-6-12(15)7-9-13;/h6-9,11H,4-5,10H2,1-3H3,(H2,16,17);1H. The molecule has 1 aromatic carbocycles. The molecule has 1 aromatic rings. The van der Waals surface area contributed by atoms with Crippen LogP contribution in [0.1, 0.15) is 20.8 Å². The lowest BCUT2D eigenvalue weighted by atomic mass is 10.3. The van der Waals surface area contributed by atoms with Gasteiger partial charge in [-0.15, -0.1) is 24.0 Å². The van der Waals surface area contributed by atoms with Crippen molar-refractivity contribution < 1.29 is 4.74 Å². The highest BCUT2D eigenvalue weighted by atomic mass is 127. The minimum atomic E-state index is -0.0321. The van der Waals surface area contributed by atoms with E-state index in [2.05, 4.69) is 18.8 Å². The molecule has 1 atom stereocenters. The zero-order valence-electron chi connectivity index (χ0n) is 12.2. The summed E-state index contributed by atoms with van der Waals surface area (Å²) in [5.74, 6) is 1.35. The van der Waals surface area contributed by atoms with Crippen LogP contribution in [0.15, 0.2) is 29.3 Å². The molecule has 0 fully saturated rings. The first-order valence-electron chi connectivity index (χ1n) is 6.53. The summed E-state index contributed by atoms with van der Waals surface area (Å²) >= 11 is 5.82. The van der Waals surface area contributed by atoms with Crippen LogP contribution in [0.5, 0.6) is 5.75 Å². The Morgan fingerprint density at radius 2 is 1.85 bits per heavy atom. The van der Waals surface area contributed by atoms with Crippen molar-refractivity contribution in [2.24, 2.45) is 10.7 Å². The Morgan fingerprint density at radius 1 is 1.30 bits per heavy atom. The van der Waals surface area contributed by atoms with Crippen LogP contribution < -0.4 is 10.5 Å². The molecule has 0 saturated carbocycles. The summed E-state index contributed by atoms with van der Waals surface area (Å²) in [5, 5.41) is 0.698. The second-order valence-electron chi connectivity index (χ2n) is 4.25. The summed E-state index contributed by atoms with van der Waals surface area (Å²) < 4.78 is 5.73. The number of rotatable bonds is 6. The zero-order chi connectivity index (χ0) is 14.3. The van der Waals surface area contributed by atoms with Gasteiger partial charge in [-0.3, -0.25) is 0 Å². The Hall–Kier alpha value is -0.690. The molecule has 0 aromatic heterocycles. The maximum absolute atomic E-state index is 5.90. The van der Waals surface area contributed by atoms with Crippen LogP contribution in [-0.4, -0.2) is 36.6 Å². The van der Waals surface area contributed by atoms with Crippen LogP contribution in [-0.2, 0) is 0 Å². The second kappa shape index (κ2) is 10.1. The number of guanidine groups is 1. The monoisotopic (exact) mass is 411 g/mol. The largest absolute Gasteiger partial charge is 0.489 e. The third-order valence-corrected chi connectivity index (χ3v) is 3.00. The summed E-state index contributed by atoms with van der Waals surface area (Å²) in [6, 6.07) is 7.29. The highest BCUT2D eigenvalue weighted by molar-refractivity contribution is 14.0. The fourth-order valence-electron chi connectivity index (χ4n) is 1.65. The van der Waals surface area contributed by atoms with Crippen molar-refractivity contribution in [1.82, 2.24) is 4.90 Å². The van der Waals surface area contributed by atoms with Crippen LogP contribution >= 0.6 is 35.6 Å². The molecular formula is C14H23ClIN3O. The van der Waals surface area contributed by atoms with Crippen molar-refractivity contribution in [3.8, 4) is 5.75 Å². The molecule has 1 unspecified atom stereocenters. The molecular weight excluding hydrogens is 389 g/mol. The maximum Gasteiger partial charge on any atom is 0.191 e. The Labute approximate surface area is 143 Å². The lowest BCUT2D eigenvalue weighted by Crippen LogP contribution is -2.37. The molecule has 0 aliphatic heterocycles.